The average molecular weight is 477 g/mol. The monoisotopic (exact) mass is 476 g/mol. The zero-order valence-corrected chi connectivity index (χ0v) is 19.8. The summed E-state index contributed by atoms with van der Waals surface area (Å²) in [5.74, 6) is -2.47. The summed E-state index contributed by atoms with van der Waals surface area (Å²) in [4.78, 5) is 65.1. The van der Waals surface area contributed by atoms with Crippen LogP contribution in [0.1, 0.15) is 71.3 Å². The van der Waals surface area contributed by atoms with Gasteiger partial charge in [-0.05, 0) is 39.2 Å². The lowest BCUT2D eigenvalue weighted by Crippen LogP contribution is -2.46. The zero-order valence-electron chi connectivity index (χ0n) is 19.8. The molecule has 0 unspecified atom stereocenters. The lowest BCUT2D eigenvalue weighted by molar-refractivity contribution is -0.199. The van der Waals surface area contributed by atoms with Gasteiger partial charge in [-0.15, -0.1) is 5.06 Å². The van der Waals surface area contributed by atoms with Crippen LogP contribution in [0.5, 0.6) is 0 Å². The summed E-state index contributed by atoms with van der Waals surface area (Å²) in [6, 6.07) is 8.23. The van der Waals surface area contributed by atoms with E-state index in [1.165, 1.54) is 0 Å². The van der Waals surface area contributed by atoms with E-state index in [1.54, 1.807) is 20.8 Å². The maximum absolute atomic E-state index is 12.6. The van der Waals surface area contributed by atoms with Crippen molar-refractivity contribution in [2.75, 3.05) is 0 Å². The maximum atomic E-state index is 12.6. The molecule has 0 spiro atoms. The highest BCUT2D eigenvalue weighted by atomic mass is 16.7. The molecule has 3 amide bonds. The van der Waals surface area contributed by atoms with E-state index in [1.807, 2.05) is 30.3 Å². The second-order valence-electron chi connectivity index (χ2n) is 8.94. The molecule has 10 nitrogen and oxygen atoms in total. The molecular formula is C24H32N2O8. The Morgan fingerprint density at radius 3 is 2.26 bits per heavy atom. The summed E-state index contributed by atoms with van der Waals surface area (Å²) >= 11 is 0. The van der Waals surface area contributed by atoms with Crippen LogP contribution in [0.15, 0.2) is 30.3 Å². The number of hydroxylamine groups is 2. The normalized spacial score (nSPS) is 14.5. The van der Waals surface area contributed by atoms with Gasteiger partial charge in [0.2, 0.25) is 0 Å². The number of esters is 1. The maximum Gasteiger partial charge on any atom is 0.408 e. The number of amides is 3. The molecule has 186 valence electrons. The largest absolute Gasteiger partial charge is 0.461 e. The van der Waals surface area contributed by atoms with Gasteiger partial charge in [-0.1, -0.05) is 43.2 Å². The molecule has 1 saturated heterocycles. The molecular weight excluding hydrogens is 444 g/mol. The first kappa shape index (κ1) is 26.8. The summed E-state index contributed by atoms with van der Waals surface area (Å²) < 4.78 is 10.4. The van der Waals surface area contributed by atoms with Gasteiger partial charge >= 0.3 is 18.0 Å². The predicted octanol–water partition coefficient (Wildman–Crippen LogP) is 3.18. The first-order valence-corrected chi connectivity index (χ1v) is 11.3. The molecule has 1 aromatic carbocycles. The summed E-state index contributed by atoms with van der Waals surface area (Å²) in [6.45, 7) is 5.25. The minimum atomic E-state index is -1.12. The molecule has 34 heavy (non-hydrogen) atoms. The van der Waals surface area contributed by atoms with Crippen molar-refractivity contribution in [1.29, 1.82) is 0 Å². The van der Waals surface area contributed by atoms with Crippen LogP contribution < -0.4 is 5.32 Å². The molecule has 0 bridgehead atoms. The van der Waals surface area contributed by atoms with Gasteiger partial charge in [0.15, 0.2) is 0 Å². The molecule has 0 aliphatic carbocycles. The van der Waals surface area contributed by atoms with Crippen LogP contribution in [0, 0.1) is 0 Å². The number of alkyl carbamates (subject to hydrolysis) is 1. The van der Waals surface area contributed by atoms with Crippen molar-refractivity contribution in [2.24, 2.45) is 0 Å². The highest BCUT2D eigenvalue weighted by molar-refractivity contribution is 6.01. The lowest BCUT2D eigenvalue weighted by Gasteiger charge is -2.23. The number of carbonyl (C=O) groups excluding carboxylic acids is 5. The third kappa shape index (κ3) is 9.60. The average Bonchev–Trinajstić information content (AvgIpc) is 3.08. The van der Waals surface area contributed by atoms with Crippen molar-refractivity contribution in [3.05, 3.63) is 35.9 Å². The van der Waals surface area contributed by atoms with Crippen molar-refractivity contribution in [2.45, 2.75) is 84.0 Å². The van der Waals surface area contributed by atoms with Crippen LogP contribution in [-0.2, 0) is 40.1 Å². The van der Waals surface area contributed by atoms with Crippen molar-refractivity contribution in [3.63, 3.8) is 0 Å². The minimum Gasteiger partial charge on any atom is -0.461 e. The van der Waals surface area contributed by atoms with Crippen LogP contribution in [-0.4, -0.2) is 46.6 Å². The van der Waals surface area contributed by atoms with Crippen molar-refractivity contribution < 1.29 is 38.3 Å². The number of hydrogen-bond acceptors (Lipinski definition) is 8. The Hall–Kier alpha value is -3.43. The molecule has 0 aromatic heterocycles. The fourth-order valence-corrected chi connectivity index (χ4v) is 3.12. The van der Waals surface area contributed by atoms with E-state index in [0.29, 0.717) is 24.3 Å². The molecule has 0 saturated carbocycles. The molecule has 1 N–H and O–H groups in total. The quantitative estimate of drug-likeness (QED) is 0.293. The number of rotatable bonds is 11. The molecule has 1 heterocycles. The third-order valence-electron chi connectivity index (χ3n) is 4.78. The summed E-state index contributed by atoms with van der Waals surface area (Å²) in [7, 11) is 0. The highest BCUT2D eigenvalue weighted by Crippen LogP contribution is 2.15. The number of benzene rings is 1. The van der Waals surface area contributed by atoms with E-state index in [2.05, 4.69) is 5.32 Å². The molecule has 10 heteroatoms. The SMILES string of the molecule is CC(C)(C)OC(=O)N[C@@H](CCCCCC(=O)OCc1ccccc1)C(=O)ON1C(=O)CCC1=O. The zero-order chi connectivity index (χ0) is 25.1. The number of ether oxygens (including phenoxy) is 2. The standard InChI is InChI=1S/C24H32N2O8/c1-24(2,3)33-23(31)25-18(22(30)34-26-19(27)14-15-20(26)28)12-8-5-9-13-21(29)32-16-17-10-6-4-7-11-17/h4,6-7,10-11,18H,5,8-9,12-16H2,1-3H3,(H,25,31)/t18-/m0/s1. The van der Waals surface area contributed by atoms with Gasteiger partial charge in [-0.2, -0.15) is 0 Å². The Labute approximate surface area is 198 Å². The van der Waals surface area contributed by atoms with E-state index >= 15 is 0 Å². The van der Waals surface area contributed by atoms with Crippen molar-refractivity contribution in [1.82, 2.24) is 10.4 Å². The molecule has 1 aliphatic rings. The van der Waals surface area contributed by atoms with E-state index in [-0.39, 0.29) is 38.3 Å². The fourth-order valence-electron chi connectivity index (χ4n) is 3.12. The molecule has 0 radical (unpaired) electrons. The molecule has 1 atom stereocenters. The number of imide groups is 1. The Morgan fingerprint density at radius 1 is 1.00 bits per heavy atom. The Morgan fingerprint density at radius 2 is 1.65 bits per heavy atom. The van der Waals surface area contributed by atoms with E-state index in [9.17, 15) is 24.0 Å². The number of unbranched alkanes of at least 4 members (excludes halogenated alkanes) is 2. The highest BCUT2D eigenvalue weighted by Gasteiger charge is 2.35. The van der Waals surface area contributed by atoms with Crippen molar-refractivity contribution in [3.8, 4) is 0 Å². The minimum absolute atomic E-state index is 0.0311. The van der Waals surface area contributed by atoms with Crippen LogP contribution in [0.4, 0.5) is 4.79 Å². The van der Waals surface area contributed by atoms with Gasteiger partial charge in [0.05, 0.1) is 0 Å². The smallest absolute Gasteiger partial charge is 0.408 e. The number of nitrogens with one attached hydrogen (secondary N) is 1. The predicted molar refractivity (Wildman–Crippen MR) is 120 cm³/mol. The Balaban J connectivity index is 1.80. The third-order valence-corrected chi connectivity index (χ3v) is 4.78. The van der Waals surface area contributed by atoms with Gasteiger partial charge in [-0.3, -0.25) is 14.4 Å². The lowest BCUT2D eigenvalue weighted by atomic mass is 10.1. The van der Waals surface area contributed by atoms with Crippen LogP contribution in [0.25, 0.3) is 0 Å². The van der Waals surface area contributed by atoms with Gasteiger partial charge in [0.25, 0.3) is 11.8 Å². The Kier molecular flexibility index (Phi) is 10.0. The summed E-state index contributed by atoms with van der Waals surface area (Å²) in [5.41, 5.74) is 0.125. The second-order valence-corrected chi connectivity index (χ2v) is 8.94. The number of carbonyl (C=O) groups is 5. The molecule has 1 aromatic rings. The van der Waals surface area contributed by atoms with E-state index < -0.39 is 35.5 Å². The fraction of sp³-hybridized carbons (Fsp3) is 0.542. The van der Waals surface area contributed by atoms with E-state index in [4.69, 9.17) is 14.3 Å². The Bertz CT molecular complexity index is 863. The van der Waals surface area contributed by atoms with Gasteiger partial charge in [0.1, 0.15) is 18.2 Å². The van der Waals surface area contributed by atoms with Crippen LogP contribution in [0.3, 0.4) is 0 Å². The number of nitrogens with zero attached hydrogens (tertiary/aromatic N) is 1. The molecule has 1 fully saturated rings. The summed E-state index contributed by atoms with van der Waals surface area (Å²) in [5, 5.41) is 2.88. The first-order chi connectivity index (χ1) is 16.0. The topological polar surface area (TPSA) is 128 Å². The number of hydrogen-bond donors (Lipinski definition) is 1. The van der Waals surface area contributed by atoms with Crippen molar-refractivity contribution >= 4 is 29.8 Å². The molecule has 1 aliphatic heterocycles. The molecule has 2 rings (SSSR count). The first-order valence-electron chi connectivity index (χ1n) is 11.3. The van der Waals surface area contributed by atoms with Crippen LogP contribution >= 0.6 is 0 Å². The van der Waals surface area contributed by atoms with Gasteiger partial charge in [-0.25, -0.2) is 9.59 Å². The van der Waals surface area contributed by atoms with E-state index in [0.717, 1.165) is 5.56 Å². The van der Waals surface area contributed by atoms with Gasteiger partial charge in [0, 0.05) is 19.3 Å². The summed E-state index contributed by atoms with van der Waals surface area (Å²) in [6.07, 6.45) is 1.10. The van der Waals surface area contributed by atoms with Gasteiger partial charge < -0.3 is 19.6 Å². The van der Waals surface area contributed by atoms with Crippen LogP contribution in [0.2, 0.25) is 0 Å². The second kappa shape index (κ2) is 12.7.